The lowest BCUT2D eigenvalue weighted by Crippen LogP contribution is -2.18. The summed E-state index contributed by atoms with van der Waals surface area (Å²) in [5.41, 5.74) is 1.64. The van der Waals surface area contributed by atoms with E-state index in [1.54, 1.807) is 36.4 Å². The highest BCUT2D eigenvalue weighted by Crippen LogP contribution is 2.24. The Hall–Kier alpha value is -2.00. The largest absolute Gasteiger partial charge is 0.478 e. The van der Waals surface area contributed by atoms with E-state index in [2.05, 4.69) is 0 Å². The number of aliphatic carboxylic acids is 1. The Morgan fingerprint density at radius 3 is 2.21 bits per heavy atom. The Kier molecular flexibility index (Phi) is 4.07. The molecule has 0 radical (unpaired) electrons. The molecule has 0 unspecified atom stereocenters. The smallest absolute Gasteiger partial charge is 0.349 e. The molecule has 0 saturated heterocycles. The fourth-order valence-corrected chi connectivity index (χ4v) is 1.78. The fourth-order valence-electron chi connectivity index (χ4n) is 1.65. The minimum atomic E-state index is -1.04. The van der Waals surface area contributed by atoms with Gasteiger partial charge in [0.05, 0.1) is 0 Å². The van der Waals surface area contributed by atoms with Gasteiger partial charge in [0, 0.05) is 10.6 Å². The third kappa shape index (κ3) is 3.48. The normalized spacial score (nSPS) is 11.9. The second kappa shape index (κ2) is 5.76. The Morgan fingerprint density at radius 2 is 1.68 bits per heavy atom. The van der Waals surface area contributed by atoms with Crippen LogP contribution in [0.25, 0.3) is 0 Å². The maximum absolute atomic E-state index is 11.3. The van der Waals surface area contributed by atoms with Crippen LogP contribution in [0.4, 0.5) is 0 Å². The molecule has 0 amide bonds. The van der Waals surface area contributed by atoms with Crippen molar-refractivity contribution in [1.82, 2.24) is 0 Å². The van der Waals surface area contributed by atoms with Gasteiger partial charge in [-0.25, -0.2) is 4.79 Å². The van der Waals surface area contributed by atoms with Crippen molar-refractivity contribution in [1.29, 1.82) is 0 Å². The first-order valence-corrected chi connectivity index (χ1v) is 6.15. The van der Waals surface area contributed by atoms with E-state index in [1.165, 1.54) is 0 Å². The topological polar surface area (TPSA) is 46.5 Å². The predicted octanol–water partition coefficient (Wildman–Crippen LogP) is 3.85. The molecule has 4 heteroatoms. The molecule has 0 aliphatic carbocycles. The SMILES string of the molecule is Cc1ccc(O[C@@H](C(=O)O)c2ccc(Cl)cc2)cc1. The molecule has 3 nitrogen and oxygen atoms in total. The zero-order chi connectivity index (χ0) is 13.8. The first-order chi connectivity index (χ1) is 9.06. The fraction of sp³-hybridized carbons (Fsp3) is 0.133. The van der Waals surface area contributed by atoms with Gasteiger partial charge >= 0.3 is 5.97 Å². The van der Waals surface area contributed by atoms with E-state index in [4.69, 9.17) is 16.3 Å². The lowest BCUT2D eigenvalue weighted by atomic mass is 10.1. The van der Waals surface area contributed by atoms with Crippen LogP contribution >= 0.6 is 11.6 Å². The van der Waals surface area contributed by atoms with E-state index in [1.807, 2.05) is 19.1 Å². The number of aryl methyl sites for hydroxylation is 1. The average molecular weight is 277 g/mol. The van der Waals surface area contributed by atoms with Gasteiger partial charge in [0.25, 0.3) is 0 Å². The molecule has 2 aromatic carbocycles. The summed E-state index contributed by atoms with van der Waals surface area (Å²) < 4.78 is 5.51. The van der Waals surface area contributed by atoms with Crippen molar-refractivity contribution >= 4 is 17.6 Å². The van der Waals surface area contributed by atoms with Gasteiger partial charge in [-0.2, -0.15) is 0 Å². The minimum absolute atomic E-state index is 0.521. The molecular weight excluding hydrogens is 264 g/mol. The van der Waals surface area contributed by atoms with Crippen LogP contribution in [0.1, 0.15) is 17.2 Å². The van der Waals surface area contributed by atoms with Crippen molar-refractivity contribution in [3.05, 3.63) is 64.7 Å². The molecule has 0 aliphatic heterocycles. The van der Waals surface area contributed by atoms with E-state index >= 15 is 0 Å². The van der Waals surface area contributed by atoms with E-state index in [0.717, 1.165) is 5.56 Å². The van der Waals surface area contributed by atoms with Crippen LogP contribution in [0.15, 0.2) is 48.5 Å². The van der Waals surface area contributed by atoms with Crippen molar-refractivity contribution in [3.8, 4) is 5.75 Å². The minimum Gasteiger partial charge on any atom is -0.478 e. The number of carboxylic acids is 1. The van der Waals surface area contributed by atoms with Crippen LogP contribution in [0, 0.1) is 6.92 Å². The molecular formula is C15H13ClO3. The zero-order valence-electron chi connectivity index (χ0n) is 10.3. The second-order valence-corrected chi connectivity index (χ2v) is 4.64. The summed E-state index contributed by atoms with van der Waals surface area (Å²) >= 11 is 5.79. The van der Waals surface area contributed by atoms with Gasteiger partial charge in [-0.1, -0.05) is 41.4 Å². The van der Waals surface area contributed by atoms with Gasteiger partial charge in [0.1, 0.15) is 5.75 Å². The Balaban J connectivity index is 2.23. The van der Waals surface area contributed by atoms with Crippen LogP contribution in [-0.2, 0) is 4.79 Å². The Labute approximate surface area is 116 Å². The van der Waals surface area contributed by atoms with E-state index < -0.39 is 12.1 Å². The quantitative estimate of drug-likeness (QED) is 0.922. The summed E-state index contributed by atoms with van der Waals surface area (Å²) in [7, 11) is 0. The van der Waals surface area contributed by atoms with Gasteiger partial charge in [0.2, 0.25) is 6.10 Å². The number of rotatable bonds is 4. The van der Waals surface area contributed by atoms with Gasteiger partial charge in [-0.05, 0) is 31.2 Å². The molecule has 1 atom stereocenters. The first kappa shape index (κ1) is 13.4. The number of halogens is 1. The summed E-state index contributed by atoms with van der Waals surface area (Å²) in [6, 6.07) is 13.8. The zero-order valence-corrected chi connectivity index (χ0v) is 11.1. The van der Waals surface area contributed by atoms with Crippen LogP contribution in [0.3, 0.4) is 0 Å². The molecule has 0 heterocycles. The van der Waals surface area contributed by atoms with Crippen LogP contribution in [0.5, 0.6) is 5.75 Å². The molecule has 1 N–H and O–H groups in total. The van der Waals surface area contributed by atoms with Crippen LogP contribution < -0.4 is 4.74 Å². The number of benzene rings is 2. The molecule has 0 saturated carbocycles. The third-order valence-corrected chi connectivity index (χ3v) is 2.92. The molecule has 2 aromatic rings. The molecule has 19 heavy (non-hydrogen) atoms. The number of carboxylic acid groups (broad SMARTS) is 1. The van der Waals surface area contributed by atoms with Crippen molar-refractivity contribution in [3.63, 3.8) is 0 Å². The standard InChI is InChI=1S/C15H13ClO3/c1-10-2-8-13(9-3-10)19-14(15(17)18)11-4-6-12(16)7-5-11/h2-9,14H,1H3,(H,17,18)/t14-/m1/s1. The highest BCUT2D eigenvalue weighted by atomic mass is 35.5. The van der Waals surface area contributed by atoms with Crippen molar-refractivity contribution in [2.24, 2.45) is 0 Å². The maximum atomic E-state index is 11.3. The summed E-state index contributed by atoms with van der Waals surface area (Å²) in [6.07, 6.45) is -1.04. The monoisotopic (exact) mass is 276 g/mol. The number of ether oxygens (including phenoxy) is 1. The molecule has 98 valence electrons. The van der Waals surface area contributed by atoms with Gasteiger partial charge in [-0.15, -0.1) is 0 Å². The molecule has 2 rings (SSSR count). The van der Waals surface area contributed by atoms with E-state index in [-0.39, 0.29) is 0 Å². The lowest BCUT2D eigenvalue weighted by molar-refractivity contribution is -0.145. The molecule has 0 fully saturated rings. The number of carbonyl (C=O) groups is 1. The van der Waals surface area contributed by atoms with Gasteiger partial charge in [-0.3, -0.25) is 0 Å². The summed E-state index contributed by atoms with van der Waals surface area (Å²) in [4.78, 5) is 11.3. The van der Waals surface area contributed by atoms with E-state index in [9.17, 15) is 9.90 Å². The summed E-state index contributed by atoms with van der Waals surface area (Å²) in [5.74, 6) is -0.518. The summed E-state index contributed by atoms with van der Waals surface area (Å²) in [6.45, 7) is 1.96. The van der Waals surface area contributed by atoms with Crippen LogP contribution in [0.2, 0.25) is 5.02 Å². The maximum Gasteiger partial charge on any atom is 0.349 e. The third-order valence-electron chi connectivity index (χ3n) is 2.67. The van der Waals surface area contributed by atoms with Crippen molar-refractivity contribution in [2.75, 3.05) is 0 Å². The molecule has 0 aromatic heterocycles. The van der Waals surface area contributed by atoms with Crippen molar-refractivity contribution < 1.29 is 14.6 Å². The predicted molar refractivity (Wildman–Crippen MR) is 73.6 cm³/mol. The summed E-state index contributed by atoms with van der Waals surface area (Å²) in [5, 5.41) is 9.81. The Bertz CT molecular complexity index is 561. The lowest BCUT2D eigenvalue weighted by Gasteiger charge is -2.15. The highest BCUT2D eigenvalue weighted by molar-refractivity contribution is 6.30. The Morgan fingerprint density at radius 1 is 1.11 bits per heavy atom. The van der Waals surface area contributed by atoms with Gasteiger partial charge < -0.3 is 9.84 Å². The average Bonchev–Trinajstić information content (AvgIpc) is 2.39. The van der Waals surface area contributed by atoms with E-state index in [0.29, 0.717) is 16.3 Å². The van der Waals surface area contributed by atoms with Gasteiger partial charge in [0.15, 0.2) is 0 Å². The molecule has 0 bridgehead atoms. The first-order valence-electron chi connectivity index (χ1n) is 5.78. The highest BCUT2D eigenvalue weighted by Gasteiger charge is 2.21. The number of hydrogen-bond acceptors (Lipinski definition) is 2. The molecule has 0 spiro atoms. The second-order valence-electron chi connectivity index (χ2n) is 4.20. The van der Waals surface area contributed by atoms with Crippen molar-refractivity contribution in [2.45, 2.75) is 13.0 Å². The van der Waals surface area contributed by atoms with Crippen LogP contribution in [-0.4, -0.2) is 11.1 Å². The number of hydrogen-bond donors (Lipinski definition) is 1. The molecule has 0 aliphatic rings.